The molecule has 43 heavy (non-hydrogen) atoms. The first kappa shape index (κ1) is 33.1. The minimum atomic E-state index is -1.53. The fourth-order valence-corrected chi connectivity index (χ4v) is 5.07. The van der Waals surface area contributed by atoms with Crippen LogP contribution in [0.2, 0.25) is 0 Å². The van der Waals surface area contributed by atoms with Crippen LogP contribution in [0.25, 0.3) is 11.1 Å². The van der Waals surface area contributed by atoms with Crippen molar-refractivity contribution in [3.05, 3.63) is 95.1 Å². The zero-order valence-electron chi connectivity index (χ0n) is 25.2. The molecule has 0 unspecified atom stereocenters. The smallest absolute Gasteiger partial charge is 0.394 e. The van der Waals surface area contributed by atoms with Crippen LogP contribution in [0.3, 0.4) is 0 Å². The van der Waals surface area contributed by atoms with E-state index in [1.54, 1.807) is 24.3 Å². The fraction of sp³-hybridized carbons (Fsp3) is 0.389. The summed E-state index contributed by atoms with van der Waals surface area (Å²) in [5.41, 5.74) is 4.29. The van der Waals surface area contributed by atoms with Gasteiger partial charge in [-0.3, -0.25) is 9.59 Å². The predicted octanol–water partition coefficient (Wildman–Crippen LogP) is 7.49. The Morgan fingerprint density at radius 1 is 0.744 bits per heavy atom. The Kier molecular flexibility index (Phi) is 14.0. The third-order valence-corrected chi connectivity index (χ3v) is 7.50. The number of amides is 2. The predicted molar refractivity (Wildman–Crippen MR) is 169 cm³/mol. The molecule has 2 N–H and O–H groups in total. The Labute approximate surface area is 255 Å². The van der Waals surface area contributed by atoms with Gasteiger partial charge in [0.2, 0.25) is 0 Å². The zero-order chi connectivity index (χ0) is 30.9. The number of nitriles is 1. The summed E-state index contributed by atoms with van der Waals surface area (Å²) in [4.78, 5) is 37.9. The summed E-state index contributed by atoms with van der Waals surface area (Å²) < 4.78 is 0. The number of rotatable bonds is 17. The van der Waals surface area contributed by atoms with Gasteiger partial charge in [-0.2, -0.15) is 5.26 Å². The molecule has 0 spiro atoms. The number of carbonyl (C=O) groups is 3. The maximum absolute atomic E-state index is 12.8. The first-order valence-electron chi connectivity index (χ1n) is 15.4. The number of benzene rings is 3. The highest BCUT2D eigenvalue weighted by atomic mass is 16.4. The maximum Gasteiger partial charge on any atom is 0.394 e. The van der Waals surface area contributed by atoms with E-state index in [0.29, 0.717) is 23.2 Å². The molecule has 0 saturated heterocycles. The largest absolute Gasteiger partial charge is 0.474 e. The Morgan fingerprint density at radius 2 is 1.37 bits per heavy atom. The van der Waals surface area contributed by atoms with Crippen molar-refractivity contribution < 1.29 is 19.5 Å². The molecule has 0 aliphatic heterocycles. The molecular formula is C36H43N3O4. The second-order valence-electron chi connectivity index (χ2n) is 11.0. The summed E-state index contributed by atoms with van der Waals surface area (Å²) in [6.07, 6.45) is 12.6. The summed E-state index contributed by atoms with van der Waals surface area (Å²) in [5, 5.41) is 21.5. The quantitative estimate of drug-likeness (QED) is 0.127. The van der Waals surface area contributed by atoms with Crippen LogP contribution in [0.4, 0.5) is 0 Å². The Bertz CT molecular complexity index is 1380. The van der Waals surface area contributed by atoms with Gasteiger partial charge < -0.3 is 15.3 Å². The van der Waals surface area contributed by atoms with E-state index in [1.165, 1.54) is 56.3 Å². The van der Waals surface area contributed by atoms with Crippen molar-refractivity contribution >= 4 is 17.8 Å². The van der Waals surface area contributed by atoms with Gasteiger partial charge in [0.15, 0.2) is 0 Å². The van der Waals surface area contributed by atoms with E-state index in [-0.39, 0.29) is 19.0 Å². The van der Waals surface area contributed by atoms with E-state index in [1.807, 2.05) is 48.5 Å². The molecule has 0 radical (unpaired) electrons. The molecule has 3 aromatic rings. The van der Waals surface area contributed by atoms with Crippen molar-refractivity contribution in [2.75, 3.05) is 6.54 Å². The van der Waals surface area contributed by atoms with Crippen molar-refractivity contribution in [1.82, 2.24) is 10.2 Å². The maximum atomic E-state index is 12.8. The van der Waals surface area contributed by atoms with Gasteiger partial charge in [-0.05, 0) is 52.9 Å². The van der Waals surface area contributed by atoms with Crippen molar-refractivity contribution in [3.8, 4) is 17.2 Å². The first-order chi connectivity index (χ1) is 20.9. The summed E-state index contributed by atoms with van der Waals surface area (Å²) in [6.45, 7) is 3.08. The molecule has 0 saturated carbocycles. The van der Waals surface area contributed by atoms with E-state index >= 15 is 0 Å². The highest BCUT2D eigenvalue weighted by Gasteiger charge is 2.21. The molecule has 0 aliphatic rings. The van der Waals surface area contributed by atoms with Gasteiger partial charge in [-0.25, -0.2) is 4.79 Å². The number of unbranched alkanes of at least 4 members (excludes halogenated alkanes) is 9. The zero-order valence-corrected chi connectivity index (χ0v) is 25.2. The Balaban J connectivity index is 1.51. The molecule has 0 bridgehead atoms. The van der Waals surface area contributed by atoms with Gasteiger partial charge >= 0.3 is 11.9 Å². The molecule has 3 rings (SSSR count). The third-order valence-electron chi connectivity index (χ3n) is 7.50. The molecule has 2 amide bonds. The number of nitrogens with zero attached hydrogens (tertiary/aromatic N) is 2. The second-order valence-corrected chi connectivity index (χ2v) is 11.0. The Morgan fingerprint density at radius 3 is 2.02 bits per heavy atom. The molecule has 0 aliphatic carbocycles. The standard InChI is InChI=1S/C36H43N3O4/c1-2-3-4-5-6-7-8-9-10-11-22-38-34(40)33-17-13-16-32(24-33)31-20-18-28(19-21-31)26-39(35(41)36(42)43)27-30-15-12-14-29(23-30)25-37/h12-21,23-24H,2-11,22,26-27H2,1H3,(H,38,40)(H,42,43). The molecular weight excluding hydrogens is 538 g/mol. The average molecular weight is 582 g/mol. The van der Waals surface area contributed by atoms with Crippen molar-refractivity contribution in [1.29, 1.82) is 5.26 Å². The summed E-state index contributed by atoms with van der Waals surface area (Å²) in [5.74, 6) is -2.63. The lowest BCUT2D eigenvalue weighted by molar-refractivity contribution is -0.156. The van der Waals surface area contributed by atoms with Crippen molar-refractivity contribution in [2.24, 2.45) is 0 Å². The lowest BCUT2D eigenvalue weighted by Gasteiger charge is -2.21. The molecule has 0 fully saturated rings. The minimum absolute atomic E-state index is 0.0681. The molecule has 0 heterocycles. The highest BCUT2D eigenvalue weighted by Crippen LogP contribution is 2.22. The van der Waals surface area contributed by atoms with E-state index < -0.39 is 11.9 Å². The Hall–Kier alpha value is -4.44. The highest BCUT2D eigenvalue weighted by molar-refractivity contribution is 6.31. The number of carboxylic acids is 1. The van der Waals surface area contributed by atoms with Gasteiger partial charge in [0.25, 0.3) is 5.91 Å². The molecule has 7 nitrogen and oxygen atoms in total. The van der Waals surface area contributed by atoms with Crippen molar-refractivity contribution in [2.45, 2.75) is 84.2 Å². The van der Waals surface area contributed by atoms with Crippen LogP contribution in [-0.2, 0) is 22.7 Å². The average Bonchev–Trinajstić information content (AvgIpc) is 3.03. The number of aliphatic carboxylic acids is 1. The number of carboxylic acid groups (broad SMARTS) is 1. The number of carbonyl (C=O) groups excluding carboxylic acids is 2. The van der Waals surface area contributed by atoms with Gasteiger partial charge in [0.05, 0.1) is 11.6 Å². The van der Waals surface area contributed by atoms with E-state index in [9.17, 15) is 19.5 Å². The summed E-state index contributed by atoms with van der Waals surface area (Å²) >= 11 is 0. The van der Waals surface area contributed by atoms with E-state index in [0.717, 1.165) is 29.5 Å². The van der Waals surface area contributed by atoms with E-state index in [2.05, 4.69) is 18.3 Å². The van der Waals surface area contributed by atoms with Crippen LogP contribution < -0.4 is 5.32 Å². The molecule has 3 aromatic carbocycles. The summed E-state index contributed by atoms with van der Waals surface area (Å²) in [6, 6.07) is 23.8. The molecule has 7 heteroatoms. The van der Waals surface area contributed by atoms with Crippen LogP contribution in [0.1, 0.15) is 98.2 Å². The molecule has 0 atom stereocenters. The number of hydrogen-bond donors (Lipinski definition) is 2. The van der Waals surface area contributed by atoms with Crippen LogP contribution in [-0.4, -0.2) is 34.3 Å². The van der Waals surface area contributed by atoms with Gasteiger partial charge in [0.1, 0.15) is 0 Å². The minimum Gasteiger partial charge on any atom is -0.474 e. The van der Waals surface area contributed by atoms with Gasteiger partial charge in [0, 0.05) is 25.2 Å². The van der Waals surface area contributed by atoms with Gasteiger partial charge in [-0.1, -0.05) is 113 Å². The first-order valence-corrected chi connectivity index (χ1v) is 15.4. The summed E-state index contributed by atoms with van der Waals surface area (Å²) in [7, 11) is 0. The van der Waals surface area contributed by atoms with Crippen molar-refractivity contribution in [3.63, 3.8) is 0 Å². The number of nitrogens with one attached hydrogen (secondary N) is 1. The molecule has 226 valence electrons. The van der Waals surface area contributed by atoms with Crippen LogP contribution in [0, 0.1) is 11.3 Å². The lowest BCUT2D eigenvalue weighted by atomic mass is 10.0. The number of hydrogen-bond acceptors (Lipinski definition) is 4. The van der Waals surface area contributed by atoms with Crippen LogP contribution >= 0.6 is 0 Å². The second kappa shape index (κ2) is 18.2. The SMILES string of the molecule is CCCCCCCCCCCCNC(=O)c1cccc(-c2ccc(CN(Cc3cccc(C#N)c3)C(=O)C(=O)O)cc2)c1. The van der Waals surface area contributed by atoms with E-state index in [4.69, 9.17) is 5.26 Å². The molecule has 0 aromatic heterocycles. The van der Waals surface area contributed by atoms with Crippen LogP contribution in [0.15, 0.2) is 72.8 Å². The van der Waals surface area contributed by atoms with Gasteiger partial charge in [-0.15, -0.1) is 0 Å². The lowest BCUT2D eigenvalue weighted by Crippen LogP contribution is -2.35. The fourth-order valence-electron chi connectivity index (χ4n) is 5.07. The topological polar surface area (TPSA) is 111 Å². The van der Waals surface area contributed by atoms with Crippen LogP contribution in [0.5, 0.6) is 0 Å². The third kappa shape index (κ3) is 11.4. The normalized spacial score (nSPS) is 10.6. The monoisotopic (exact) mass is 581 g/mol.